The van der Waals surface area contributed by atoms with Crippen LogP contribution in [0.15, 0.2) is 24.3 Å². The van der Waals surface area contributed by atoms with Gasteiger partial charge in [0.15, 0.2) is 0 Å². The largest absolute Gasteiger partial charge is 0.380 e. The molecule has 0 saturated carbocycles. The zero-order chi connectivity index (χ0) is 11.4. The topological polar surface area (TPSA) is 44.5 Å². The summed E-state index contributed by atoms with van der Waals surface area (Å²) in [7, 11) is 1.71. The van der Waals surface area contributed by atoms with E-state index in [0.717, 1.165) is 19.4 Å². The van der Waals surface area contributed by atoms with Crippen molar-refractivity contribution in [2.24, 2.45) is 5.73 Å². The molecule has 1 aliphatic heterocycles. The molecule has 1 saturated heterocycles. The van der Waals surface area contributed by atoms with Gasteiger partial charge in [0.05, 0.1) is 12.7 Å². The Kier molecular flexibility index (Phi) is 3.93. The molecule has 1 aromatic rings. The Morgan fingerprint density at radius 1 is 1.44 bits per heavy atom. The molecule has 3 nitrogen and oxygen atoms in total. The number of benzene rings is 1. The summed E-state index contributed by atoms with van der Waals surface area (Å²) in [6.45, 7) is 1.42. The summed E-state index contributed by atoms with van der Waals surface area (Å²) in [5.74, 6) is 0. The van der Waals surface area contributed by atoms with Crippen LogP contribution in [0.4, 0.5) is 0 Å². The lowest BCUT2D eigenvalue weighted by Crippen LogP contribution is -2.35. The lowest BCUT2D eigenvalue weighted by Gasteiger charge is -2.30. The molecule has 0 spiro atoms. The summed E-state index contributed by atoms with van der Waals surface area (Å²) in [6, 6.07) is 8.31. The lowest BCUT2D eigenvalue weighted by molar-refractivity contribution is -0.00120. The molecule has 2 atom stereocenters. The zero-order valence-corrected chi connectivity index (χ0v) is 9.69. The molecule has 1 heterocycles. The molecule has 0 aliphatic carbocycles. The van der Waals surface area contributed by atoms with E-state index in [0.29, 0.717) is 6.61 Å². The van der Waals surface area contributed by atoms with Gasteiger partial charge in [-0.15, -0.1) is 0 Å². The van der Waals surface area contributed by atoms with Crippen molar-refractivity contribution in [2.45, 2.75) is 31.6 Å². The summed E-state index contributed by atoms with van der Waals surface area (Å²) in [6.07, 6.45) is 2.12. The highest BCUT2D eigenvalue weighted by molar-refractivity contribution is 5.30. The molecule has 0 amide bonds. The molecule has 88 valence electrons. The standard InChI is InChI=1S/C13H19NO2/c1-15-9-10-5-2-3-6-11(10)13-12(14)7-4-8-16-13/h2-3,5-6,12-13H,4,7-9,14H2,1H3. The highest BCUT2D eigenvalue weighted by Crippen LogP contribution is 2.29. The van der Waals surface area contributed by atoms with Gasteiger partial charge in [0.2, 0.25) is 0 Å². The van der Waals surface area contributed by atoms with E-state index < -0.39 is 0 Å². The van der Waals surface area contributed by atoms with Crippen molar-refractivity contribution >= 4 is 0 Å². The fourth-order valence-electron chi connectivity index (χ4n) is 2.22. The zero-order valence-electron chi connectivity index (χ0n) is 9.69. The quantitative estimate of drug-likeness (QED) is 0.849. The van der Waals surface area contributed by atoms with Gasteiger partial charge in [-0.05, 0) is 24.0 Å². The Morgan fingerprint density at radius 2 is 2.25 bits per heavy atom. The van der Waals surface area contributed by atoms with E-state index >= 15 is 0 Å². The van der Waals surface area contributed by atoms with E-state index in [1.165, 1.54) is 11.1 Å². The van der Waals surface area contributed by atoms with Crippen molar-refractivity contribution in [3.63, 3.8) is 0 Å². The van der Waals surface area contributed by atoms with Gasteiger partial charge < -0.3 is 15.2 Å². The third-order valence-corrected chi connectivity index (χ3v) is 3.03. The molecule has 1 aliphatic rings. The maximum Gasteiger partial charge on any atom is 0.0979 e. The minimum atomic E-state index is 0.0279. The van der Waals surface area contributed by atoms with Gasteiger partial charge in [-0.3, -0.25) is 0 Å². The molecule has 2 unspecified atom stereocenters. The second-order valence-corrected chi connectivity index (χ2v) is 4.23. The van der Waals surface area contributed by atoms with E-state index in [9.17, 15) is 0 Å². The molecule has 2 N–H and O–H groups in total. The van der Waals surface area contributed by atoms with Gasteiger partial charge >= 0.3 is 0 Å². The molecular formula is C13H19NO2. The first-order chi connectivity index (χ1) is 7.83. The number of ether oxygens (including phenoxy) is 2. The monoisotopic (exact) mass is 221 g/mol. The fourth-order valence-corrected chi connectivity index (χ4v) is 2.22. The maximum atomic E-state index is 6.11. The smallest absolute Gasteiger partial charge is 0.0979 e. The predicted octanol–water partition coefficient (Wildman–Crippen LogP) is 2.01. The first-order valence-electron chi connectivity index (χ1n) is 5.77. The van der Waals surface area contributed by atoms with Gasteiger partial charge in [0.25, 0.3) is 0 Å². The molecule has 3 heteroatoms. The number of rotatable bonds is 3. The van der Waals surface area contributed by atoms with Crippen molar-refractivity contribution in [3.8, 4) is 0 Å². The second kappa shape index (κ2) is 5.43. The first kappa shape index (κ1) is 11.6. The van der Waals surface area contributed by atoms with Gasteiger partial charge in [0.1, 0.15) is 0 Å². The number of hydrogen-bond acceptors (Lipinski definition) is 3. The van der Waals surface area contributed by atoms with Crippen LogP contribution < -0.4 is 5.73 Å². The normalized spacial score (nSPS) is 25.6. The number of methoxy groups -OCH3 is 1. The van der Waals surface area contributed by atoms with Crippen LogP contribution in [0.2, 0.25) is 0 Å². The summed E-state index contributed by atoms with van der Waals surface area (Å²) in [5, 5.41) is 0. The number of nitrogens with two attached hydrogens (primary N) is 1. The molecule has 0 radical (unpaired) electrons. The van der Waals surface area contributed by atoms with E-state index in [1.54, 1.807) is 7.11 Å². The molecule has 2 rings (SSSR count). The average Bonchev–Trinajstić information content (AvgIpc) is 2.31. The van der Waals surface area contributed by atoms with Crippen molar-refractivity contribution in [2.75, 3.05) is 13.7 Å². The Hall–Kier alpha value is -0.900. The fraction of sp³-hybridized carbons (Fsp3) is 0.538. The van der Waals surface area contributed by atoms with Crippen LogP contribution in [0.3, 0.4) is 0 Å². The molecule has 16 heavy (non-hydrogen) atoms. The van der Waals surface area contributed by atoms with Gasteiger partial charge in [-0.25, -0.2) is 0 Å². The van der Waals surface area contributed by atoms with Crippen molar-refractivity contribution in [3.05, 3.63) is 35.4 Å². The van der Waals surface area contributed by atoms with Crippen LogP contribution in [0.5, 0.6) is 0 Å². The van der Waals surface area contributed by atoms with Gasteiger partial charge in [0, 0.05) is 19.8 Å². The van der Waals surface area contributed by atoms with Crippen molar-refractivity contribution in [1.29, 1.82) is 0 Å². The minimum Gasteiger partial charge on any atom is -0.380 e. The molecule has 0 bridgehead atoms. The van der Waals surface area contributed by atoms with E-state index in [-0.39, 0.29) is 12.1 Å². The Morgan fingerprint density at radius 3 is 3.00 bits per heavy atom. The second-order valence-electron chi connectivity index (χ2n) is 4.23. The van der Waals surface area contributed by atoms with E-state index in [1.807, 2.05) is 12.1 Å². The highest BCUT2D eigenvalue weighted by Gasteiger charge is 2.25. The Balaban J connectivity index is 2.23. The Labute approximate surface area is 96.5 Å². The first-order valence-corrected chi connectivity index (χ1v) is 5.77. The Bertz CT molecular complexity index is 340. The van der Waals surface area contributed by atoms with E-state index in [4.69, 9.17) is 15.2 Å². The minimum absolute atomic E-state index is 0.0279. The number of hydrogen-bond donors (Lipinski definition) is 1. The highest BCUT2D eigenvalue weighted by atomic mass is 16.5. The summed E-state index contributed by atoms with van der Waals surface area (Å²) >= 11 is 0. The SMILES string of the molecule is COCc1ccccc1C1OCCCC1N. The van der Waals surface area contributed by atoms with Crippen LogP contribution in [0.25, 0.3) is 0 Å². The molecular weight excluding hydrogens is 202 g/mol. The van der Waals surface area contributed by atoms with Crippen molar-refractivity contribution < 1.29 is 9.47 Å². The maximum absolute atomic E-state index is 6.11. The van der Waals surface area contributed by atoms with Crippen LogP contribution in [-0.2, 0) is 16.1 Å². The molecule has 0 aromatic heterocycles. The lowest BCUT2D eigenvalue weighted by atomic mass is 9.93. The predicted molar refractivity (Wildman–Crippen MR) is 63.1 cm³/mol. The summed E-state index contributed by atoms with van der Waals surface area (Å²) < 4.78 is 11.0. The van der Waals surface area contributed by atoms with Gasteiger partial charge in [-0.2, -0.15) is 0 Å². The van der Waals surface area contributed by atoms with Crippen LogP contribution in [0, 0.1) is 0 Å². The van der Waals surface area contributed by atoms with Gasteiger partial charge in [-0.1, -0.05) is 24.3 Å². The third-order valence-electron chi connectivity index (χ3n) is 3.03. The van der Waals surface area contributed by atoms with Crippen LogP contribution in [0.1, 0.15) is 30.1 Å². The third kappa shape index (κ3) is 2.43. The summed E-state index contributed by atoms with van der Waals surface area (Å²) in [5.41, 5.74) is 8.46. The van der Waals surface area contributed by atoms with Crippen molar-refractivity contribution in [1.82, 2.24) is 0 Å². The van der Waals surface area contributed by atoms with Crippen LogP contribution in [-0.4, -0.2) is 19.8 Å². The van der Waals surface area contributed by atoms with Crippen LogP contribution >= 0.6 is 0 Å². The molecule has 1 fully saturated rings. The average molecular weight is 221 g/mol. The summed E-state index contributed by atoms with van der Waals surface area (Å²) in [4.78, 5) is 0. The van der Waals surface area contributed by atoms with E-state index in [2.05, 4.69) is 12.1 Å². The molecule has 1 aromatic carbocycles.